The topological polar surface area (TPSA) is 117 Å². The molecular formula is C27H33N3O6S2. The molecule has 9 nitrogen and oxygen atoms in total. The maximum atomic E-state index is 14.2. The summed E-state index contributed by atoms with van der Waals surface area (Å²) in [6, 6.07) is 4.91. The third-order valence-electron chi connectivity index (χ3n) is 8.86. The SMILES string of the molecule is COc1ccc2nc([S@](=O)Cc3ncc(C)c(OC)c3C)n(S(=O)(=O)CC34CCC(CC3=O)C4(C)C)c2c1. The number of imidazole rings is 1. The Morgan fingerprint density at radius 1 is 1.18 bits per heavy atom. The molecule has 0 spiro atoms. The fourth-order valence-corrected chi connectivity index (χ4v) is 10.3. The summed E-state index contributed by atoms with van der Waals surface area (Å²) in [5, 5.41) is -0.0943. The minimum absolute atomic E-state index is 0.00132. The number of carbonyl (C=O) groups excluding carboxylic acids is 1. The first-order valence-corrected chi connectivity index (χ1v) is 15.5. The van der Waals surface area contributed by atoms with Gasteiger partial charge in [0.15, 0.2) is 0 Å². The molecule has 2 aliphatic rings. The molecular weight excluding hydrogens is 526 g/mol. The molecule has 0 N–H and O–H groups in total. The minimum Gasteiger partial charge on any atom is -0.497 e. The van der Waals surface area contributed by atoms with Crippen molar-refractivity contribution in [3.63, 3.8) is 0 Å². The van der Waals surface area contributed by atoms with E-state index in [1.807, 2.05) is 27.7 Å². The van der Waals surface area contributed by atoms with Crippen molar-refractivity contribution in [3.8, 4) is 11.5 Å². The van der Waals surface area contributed by atoms with Crippen LogP contribution in [0.2, 0.25) is 0 Å². The van der Waals surface area contributed by atoms with Crippen LogP contribution < -0.4 is 9.47 Å². The van der Waals surface area contributed by atoms with E-state index < -0.39 is 31.7 Å². The summed E-state index contributed by atoms with van der Waals surface area (Å²) in [6.45, 7) is 7.70. The van der Waals surface area contributed by atoms with Crippen LogP contribution in [-0.4, -0.2) is 52.3 Å². The van der Waals surface area contributed by atoms with E-state index in [1.165, 1.54) is 7.11 Å². The van der Waals surface area contributed by atoms with Gasteiger partial charge in [-0.15, -0.1) is 0 Å². The quantitative estimate of drug-likeness (QED) is 0.407. The van der Waals surface area contributed by atoms with Crippen molar-refractivity contribution in [1.82, 2.24) is 13.9 Å². The number of pyridine rings is 1. The number of aryl methyl sites for hydroxylation is 1. The highest BCUT2D eigenvalue weighted by Gasteiger charge is 2.65. The van der Waals surface area contributed by atoms with Gasteiger partial charge in [0, 0.05) is 29.8 Å². The van der Waals surface area contributed by atoms with Gasteiger partial charge < -0.3 is 9.47 Å². The highest BCUT2D eigenvalue weighted by molar-refractivity contribution is 7.91. The van der Waals surface area contributed by atoms with Crippen LogP contribution in [0.1, 0.15) is 49.9 Å². The zero-order chi connectivity index (χ0) is 27.6. The normalized spacial score (nSPS) is 23.2. The lowest BCUT2D eigenvalue weighted by atomic mass is 9.70. The standard InChI is InChI=1S/C27H33N3O6S2/c1-16-13-28-21(17(2)24(16)36-6)14-37(32)25-29-20-8-7-19(35-5)12-22(20)30(25)38(33,34)15-27-10-9-18(11-23(27)31)26(27,3)4/h7-8,12-13,18H,9-11,14-15H2,1-6H3/t18?,27?,37-/m1/s1. The Labute approximate surface area is 225 Å². The zero-order valence-electron chi connectivity index (χ0n) is 22.5. The predicted octanol–water partition coefficient (Wildman–Crippen LogP) is 3.95. The predicted molar refractivity (Wildman–Crippen MR) is 144 cm³/mol. The molecule has 2 unspecified atom stereocenters. The van der Waals surface area contributed by atoms with Crippen molar-refractivity contribution in [3.05, 3.63) is 41.2 Å². The van der Waals surface area contributed by atoms with E-state index in [0.29, 0.717) is 35.6 Å². The summed E-state index contributed by atoms with van der Waals surface area (Å²) < 4.78 is 54.2. The summed E-state index contributed by atoms with van der Waals surface area (Å²) in [6.07, 6.45) is 3.40. The highest BCUT2D eigenvalue weighted by Crippen LogP contribution is 2.64. The smallest absolute Gasteiger partial charge is 0.242 e. The summed E-state index contributed by atoms with van der Waals surface area (Å²) in [5.74, 6) is 0.863. The molecule has 2 fully saturated rings. The van der Waals surface area contributed by atoms with Crippen molar-refractivity contribution in [2.24, 2.45) is 16.7 Å². The van der Waals surface area contributed by atoms with Crippen LogP contribution in [0.5, 0.6) is 11.5 Å². The molecule has 0 amide bonds. The number of aromatic nitrogens is 3. The fraction of sp³-hybridized carbons (Fsp3) is 0.519. The van der Waals surface area contributed by atoms with Crippen molar-refractivity contribution < 1.29 is 26.9 Å². The lowest BCUT2D eigenvalue weighted by molar-refractivity contribution is -0.128. The van der Waals surface area contributed by atoms with Gasteiger partial charge in [0.05, 0.1) is 58.7 Å². The first kappa shape index (κ1) is 26.8. The molecule has 2 saturated carbocycles. The van der Waals surface area contributed by atoms with E-state index >= 15 is 0 Å². The van der Waals surface area contributed by atoms with Crippen LogP contribution in [0.3, 0.4) is 0 Å². The Kier molecular flexibility index (Phi) is 6.45. The number of nitrogens with zero attached hydrogens (tertiary/aromatic N) is 3. The van der Waals surface area contributed by atoms with Gasteiger partial charge in [-0.1, -0.05) is 13.8 Å². The molecule has 0 saturated heterocycles. The zero-order valence-corrected chi connectivity index (χ0v) is 24.2. The van der Waals surface area contributed by atoms with E-state index in [1.54, 1.807) is 31.5 Å². The second-order valence-corrected chi connectivity index (χ2v) is 14.1. The van der Waals surface area contributed by atoms with E-state index in [2.05, 4.69) is 9.97 Å². The van der Waals surface area contributed by atoms with Gasteiger partial charge >= 0.3 is 0 Å². The van der Waals surface area contributed by atoms with Crippen LogP contribution in [-0.2, 0) is 31.4 Å². The molecule has 2 bridgehead atoms. The van der Waals surface area contributed by atoms with Gasteiger partial charge in [0.2, 0.25) is 15.2 Å². The lowest BCUT2D eigenvalue weighted by Crippen LogP contribution is -2.43. The van der Waals surface area contributed by atoms with Gasteiger partial charge in [0.25, 0.3) is 0 Å². The maximum Gasteiger partial charge on any atom is 0.242 e. The number of methoxy groups -OCH3 is 2. The molecule has 2 heterocycles. The first-order chi connectivity index (χ1) is 17.9. The average Bonchev–Trinajstić information content (AvgIpc) is 3.42. The number of ether oxygens (including phenoxy) is 2. The summed E-state index contributed by atoms with van der Waals surface area (Å²) in [4.78, 5) is 22.1. The number of Topliss-reactive ketones (excluding diaryl/α,β-unsaturated/α-hetero) is 1. The van der Waals surface area contributed by atoms with Gasteiger partial charge in [0.1, 0.15) is 17.3 Å². The largest absolute Gasteiger partial charge is 0.497 e. The Morgan fingerprint density at radius 2 is 1.92 bits per heavy atom. The monoisotopic (exact) mass is 559 g/mol. The second-order valence-electron chi connectivity index (χ2n) is 11.0. The number of benzene rings is 1. The molecule has 2 aromatic heterocycles. The molecule has 3 atom stereocenters. The summed E-state index contributed by atoms with van der Waals surface area (Å²) in [5.41, 5.74) is 1.35. The average molecular weight is 560 g/mol. The van der Waals surface area contributed by atoms with Crippen molar-refractivity contribution in [1.29, 1.82) is 0 Å². The minimum atomic E-state index is -4.16. The number of hydrogen-bond acceptors (Lipinski definition) is 8. The third-order valence-corrected chi connectivity index (χ3v) is 12.0. The van der Waals surface area contributed by atoms with E-state index in [-0.39, 0.29) is 33.9 Å². The Balaban J connectivity index is 1.63. The molecule has 11 heteroatoms. The van der Waals surface area contributed by atoms with E-state index in [4.69, 9.17) is 9.47 Å². The van der Waals surface area contributed by atoms with Gasteiger partial charge in [-0.25, -0.2) is 17.4 Å². The molecule has 1 aromatic carbocycles. The second kappa shape index (κ2) is 9.15. The van der Waals surface area contributed by atoms with Crippen LogP contribution in [0.4, 0.5) is 0 Å². The van der Waals surface area contributed by atoms with E-state index in [0.717, 1.165) is 21.5 Å². The number of rotatable bonds is 8. The molecule has 3 aromatic rings. The molecule has 0 aliphatic heterocycles. The lowest BCUT2D eigenvalue weighted by Gasteiger charge is -2.36. The van der Waals surface area contributed by atoms with Crippen LogP contribution in [0.15, 0.2) is 29.6 Å². The van der Waals surface area contributed by atoms with Crippen LogP contribution >= 0.6 is 0 Å². The Morgan fingerprint density at radius 3 is 2.53 bits per heavy atom. The van der Waals surface area contributed by atoms with Gasteiger partial charge in [-0.05, 0) is 50.2 Å². The fourth-order valence-electron chi connectivity index (χ4n) is 6.44. The highest BCUT2D eigenvalue weighted by atomic mass is 32.2. The summed E-state index contributed by atoms with van der Waals surface area (Å²) >= 11 is 0. The van der Waals surface area contributed by atoms with Crippen molar-refractivity contribution in [2.75, 3.05) is 20.0 Å². The van der Waals surface area contributed by atoms with Crippen molar-refractivity contribution >= 4 is 37.6 Å². The summed E-state index contributed by atoms with van der Waals surface area (Å²) in [7, 11) is -2.97. The van der Waals surface area contributed by atoms with Crippen molar-refractivity contribution in [2.45, 2.75) is 57.9 Å². The number of hydrogen-bond donors (Lipinski definition) is 0. The molecule has 38 heavy (non-hydrogen) atoms. The molecule has 0 radical (unpaired) electrons. The Bertz CT molecular complexity index is 1590. The number of ketones is 1. The van der Waals surface area contributed by atoms with Gasteiger partial charge in [-0.2, -0.15) is 0 Å². The first-order valence-electron chi connectivity index (χ1n) is 12.6. The molecule has 5 rings (SSSR count). The van der Waals surface area contributed by atoms with E-state index in [9.17, 15) is 17.4 Å². The molecule has 204 valence electrons. The Hall–Kier alpha value is -2.79. The number of fused-ring (bicyclic) bond motifs is 3. The number of carbonyl (C=O) groups is 1. The maximum absolute atomic E-state index is 14.2. The third kappa shape index (κ3) is 3.88. The van der Waals surface area contributed by atoms with Crippen LogP contribution in [0, 0.1) is 30.6 Å². The van der Waals surface area contributed by atoms with Crippen LogP contribution in [0.25, 0.3) is 11.0 Å². The van der Waals surface area contributed by atoms with Gasteiger partial charge in [-0.3, -0.25) is 14.0 Å². The molecule has 2 aliphatic carbocycles.